The third-order valence-corrected chi connectivity index (χ3v) is 2.65. The molecule has 0 atom stereocenters. The molecule has 0 aromatic carbocycles. The first-order valence-corrected chi connectivity index (χ1v) is 4.66. The van der Waals surface area contributed by atoms with Crippen molar-refractivity contribution in [3.63, 3.8) is 0 Å². The first-order valence-electron chi connectivity index (χ1n) is 4.66. The monoisotopic (exact) mass is 380 g/mol. The quantitative estimate of drug-likeness (QED) is 0.431. The molecule has 0 rings (SSSR count). The van der Waals surface area contributed by atoms with E-state index in [1.54, 1.807) is 0 Å². The summed E-state index contributed by atoms with van der Waals surface area (Å²) in [6, 6.07) is 0. The summed E-state index contributed by atoms with van der Waals surface area (Å²) in [4.78, 5) is 0. The predicted octanol–water partition coefficient (Wildman–Crippen LogP) is 1.38. The Morgan fingerprint density at radius 2 is 0.478 bits per heavy atom. The Labute approximate surface area is 116 Å². The van der Waals surface area contributed by atoms with Gasteiger partial charge in [-0.1, -0.05) is 0 Å². The average molecular weight is 380 g/mol. The van der Waals surface area contributed by atoms with Crippen LogP contribution in [0.1, 0.15) is 0 Å². The van der Waals surface area contributed by atoms with Crippen molar-refractivity contribution in [2.45, 2.75) is 41.7 Å². The molecule has 0 amide bonds. The van der Waals surface area contributed by atoms with Crippen LogP contribution in [0.5, 0.6) is 0 Å². The third-order valence-electron chi connectivity index (χ3n) is 2.65. The van der Waals surface area contributed by atoms with Gasteiger partial charge in [0.1, 0.15) is 0 Å². The van der Waals surface area contributed by atoms with Crippen molar-refractivity contribution in [1.29, 1.82) is 0 Å². The van der Waals surface area contributed by atoms with Crippen LogP contribution in [0, 0.1) is 0 Å². The summed E-state index contributed by atoms with van der Waals surface area (Å²) in [6.07, 6.45) is -30.1. The summed E-state index contributed by atoms with van der Waals surface area (Å²) in [7, 11) is 0. The fourth-order valence-electron chi connectivity index (χ4n) is 1.37. The number of rotatable bonds is 2. The Bertz CT molecular complexity index is 372. The van der Waals surface area contributed by atoms with Crippen LogP contribution in [0.4, 0.5) is 52.7 Å². The molecule has 0 bridgehead atoms. The van der Waals surface area contributed by atoms with E-state index >= 15 is 0 Å². The summed E-state index contributed by atoms with van der Waals surface area (Å²) in [6.45, 7) is 0. The molecule has 0 aliphatic heterocycles. The zero-order chi connectivity index (χ0) is 19.5. The molecule has 16 heteroatoms. The van der Waals surface area contributed by atoms with E-state index in [0.717, 1.165) is 0 Å². The highest BCUT2D eigenvalue weighted by Gasteiger charge is 2.93. The average Bonchev–Trinajstić information content (AvgIpc) is 2.19. The molecular weight excluding hydrogens is 376 g/mol. The molecule has 0 saturated heterocycles. The van der Waals surface area contributed by atoms with E-state index in [9.17, 15) is 52.7 Å². The number of hydrogen-bond donors (Lipinski definition) is 4. The second-order valence-corrected chi connectivity index (χ2v) is 4.08. The highest BCUT2D eigenvalue weighted by molar-refractivity contribution is 5.17. The van der Waals surface area contributed by atoms with Gasteiger partial charge < -0.3 is 20.4 Å². The lowest BCUT2D eigenvalue weighted by Crippen LogP contribution is -2.84. The van der Waals surface area contributed by atoms with Gasteiger partial charge in [-0.2, -0.15) is 52.7 Å². The molecule has 0 aromatic heterocycles. The maximum Gasteiger partial charge on any atom is 0.431 e. The van der Waals surface area contributed by atoms with Gasteiger partial charge in [-0.15, -0.1) is 0 Å². The zero-order valence-corrected chi connectivity index (χ0v) is 9.82. The van der Waals surface area contributed by atoms with Gasteiger partial charge in [0.15, 0.2) is 0 Å². The van der Waals surface area contributed by atoms with Crippen LogP contribution in [0.2, 0.25) is 0 Å². The molecule has 140 valence electrons. The summed E-state index contributed by atoms with van der Waals surface area (Å²) < 4.78 is 147. The van der Waals surface area contributed by atoms with Crippen molar-refractivity contribution in [2.75, 3.05) is 0 Å². The fourth-order valence-corrected chi connectivity index (χ4v) is 1.37. The van der Waals surface area contributed by atoms with Crippen LogP contribution in [0.15, 0.2) is 0 Å². The van der Waals surface area contributed by atoms with E-state index in [2.05, 4.69) is 0 Å². The Morgan fingerprint density at radius 1 is 0.348 bits per heavy atom. The first-order chi connectivity index (χ1) is 9.50. The number of halogens is 12. The Hall–Kier alpha value is -1.00. The van der Waals surface area contributed by atoms with Crippen molar-refractivity contribution in [2.24, 2.45) is 0 Å². The van der Waals surface area contributed by atoms with Crippen LogP contribution in [-0.2, 0) is 0 Å². The molecule has 4 nitrogen and oxygen atoms in total. The maximum absolute atomic E-state index is 12.3. The molecule has 0 aromatic rings. The molecule has 0 unspecified atom stereocenters. The third kappa shape index (κ3) is 2.70. The van der Waals surface area contributed by atoms with Gasteiger partial charge in [-0.05, 0) is 0 Å². The van der Waals surface area contributed by atoms with Crippen LogP contribution in [0.25, 0.3) is 0 Å². The summed E-state index contributed by atoms with van der Waals surface area (Å²) in [5.74, 6) is -7.24. The molecule has 4 N–H and O–H groups in total. The Kier molecular flexibility index (Phi) is 4.78. The lowest BCUT2D eigenvalue weighted by molar-refractivity contribution is -0.527. The SMILES string of the molecule is OC(O)(C(O)(C(F)(F)F)C(F)(F)F)C(O)(C(F)(F)F)C(F)(F)F. The Morgan fingerprint density at radius 3 is 0.565 bits per heavy atom. The second kappa shape index (κ2) is 5.00. The van der Waals surface area contributed by atoms with Crippen molar-refractivity contribution in [3.8, 4) is 0 Å². The molecule has 0 heterocycles. The summed E-state index contributed by atoms with van der Waals surface area (Å²) in [5.41, 5.74) is -14.8. The normalized spacial score (nSPS) is 16.7. The second-order valence-electron chi connectivity index (χ2n) is 4.08. The largest absolute Gasteiger partial charge is 0.431 e. The minimum absolute atomic E-state index is 7.24. The minimum Gasteiger partial charge on any atom is -0.369 e. The van der Waals surface area contributed by atoms with Gasteiger partial charge in [0, 0.05) is 0 Å². The van der Waals surface area contributed by atoms with Crippen molar-refractivity contribution < 1.29 is 73.1 Å². The molecule has 0 radical (unpaired) electrons. The number of hydrogen-bond acceptors (Lipinski definition) is 4. The van der Waals surface area contributed by atoms with Gasteiger partial charge >= 0.3 is 35.9 Å². The van der Waals surface area contributed by atoms with Gasteiger partial charge in [-0.25, -0.2) is 0 Å². The topological polar surface area (TPSA) is 80.9 Å². The number of alkyl halides is 12. The van der Waals surface area contributed by atoms with Crippen molar-refractivity contribution in [1.82, 2.24) is 0 Å². The van der Waals surface area contributed by atoms with E-state index in [1.807, 2.05) is 0 Å². The maximum atomic E-state index is 12.3. The fraction of sp³-hybridized carbons (Fsp3) is 1.00. The molecule has 23 heavy (non-hydrogen) atoms. The highest BCUT2D eigenvalue weighted by Crippen LogP contribution is 2.58. The van der Waals surface area contributed by atoms with E-state index in [0.29, 0.717) is 0 Å². The lowest BCUT2D eigenvalue weighted by atomic mass is 9.77. The standard InChI is InChI=1S/C7H4F12O4/c8-4(9,10)1(20,5(11,12)13)3(22,23)2(21,6(14,15)16)7(17,18)19/h20-23H. The van der Waals surface area contributed by atoms with Crippen molar-refractivity contribution in [3.05, 3.63) is 0 Å². The van der Waals surface area contributed by atoms with Crippen LogP contribution < -0.4 is 0 Å². The van der Waals surface area contributed by atoms with Gasteiger partial charge in [0.25, 0.3) is 5.79 Å². The molecule has 0 fully saturated rings. The van der Waals surface area contributed by atoms with Gasteiger partial charge in [0.05, 0.1) is 0 Å². The summed E-state index contributed by atoms with van der Waals surface area (Å²) in [5, 5.41) is 33.7. The number of aliphatic hydroxyl groups is 4. The summed E-state index contributed by atoms with van der Waals surface area (Å²) >= 11 is 0. The highest BCUT2D eigenvalue weighted by atomic mass is 19.4. The Balaban J connectivity index is 6.94. The molecule has 0 saturated carbocycles. The van der Waals surface area contributed by atoms with E-state index in [-0.39, 0.29) is 0 Å². The molecule has 0 spiro atoms. The molecular formula is C7H4F12O4. The van der Waals surface area contributed by atoms with Gasteiger partial charge in [0.2, 0.25) is 0 Å². The van der Waals surface area contributed by atoms with E-state index in [4.69, 9.17) is 20.4 Å². The molecule has 0 aliphatic rings. The van der Waals surface area contributed by atoms with Crippen molar-refractivity contribution >= 4 is 0 Å². The van der Waals surface area contributed by atoms with Crippen LogP contribution >= 0.6 is 0 Å². The smallest absolute Gasteiger partial charge is 0.369 e. The van der Waals surface area contributed by atoms with Gasteiger partial charge in [-0.3, -0.25) is 0 Å². The van der Waals surface area contributed by atoms with E-state index in [1.165, 1.54) is 0 Å². The zero-order valence-electron chi connectivity index (χ0n) is 9.82. The first kappa shape index (κ1) is 22.0. The predicted molar refractivity (Wildman–Crippen MR) is 41.3 cm³/mol. The lowest BCUT2D eigenvalue weighted by Gasteiger charge is -2.49. The minimum atomic E-state index is -7.51. The van der Waals surface area contributed by atoms with E-state index < -0.39 is 41.7 Å². The van der Waals surface area contributed by atoms with Crippen LogP contribution in [0.3, 0.4) is 0 Å². The van der Waals surface area contributed by atoms with Crippen LogP contribution in [-0.4, -0.2) is 62.1 Å². The molecule has 0 aliphatic carbocycles.